The Labute approximate surface area is 129 Å². The van der Waals surface area contributed by atoms with Crippen LogP contribution in [0.1, 0.15) is 4.88 Å². The van der Waals surface area contributed by atoms with Crippen LogP contribution in [0.3, 0.4) is 0 Å². The monoisotopic (exact) mass is 355 g/mol. The summed E-state index contributed by atoms with van der Waals surface area (Å²) in [4.78, 5) is 13.2. The van der Waals surface area contributed by atoms with Crippen molar-refractivity contribution in [3.05, 3.63) is 49.8 Å². The van der Waals surface area contributed by atoms with Crippen molar-refractivity contribution in [3.8, 4) is 0 Å². The van der Waals surface area contributed by atoms with E-state index in [4.69, 9.17) is 0 Å². The lowest BCUT2D eigenvalue weighted by molar-refractivity contribution is -0.380. The maximum Gasteiger partial charge on any atom is 0.324 e. The van der Waals surface area contributed by atoms with Gasteiger partial charge >= 0.3 is 5.00 Å². The third-order valence-electron chi connectivity index (χ3n) is 2.72. The molecule has 0 fully saturated rings. The van der Waals surface area contributed by atoms with Gasteiger partial charge in [0.05, 0.1) is 16.3 Å². The molecule has 0 aliphatic carbocycles. The maximum absolute atomic E-state index is 10.7. The van der Waals surface area contributed by atoms with E-state index in [1.807, 2.05) is 37.2 Å². The molecule has 1 aromatic carbocycles. The first kappa shape index (κ1) is 14.8. The molecule has 0 bridgehead atoms. The Morgan fingerprint density at radius 3 is 2.70 bits per heavy atom. The van der Waals surface area contributed by atoms with Gasteiger partial charge in [-0.25, -0.2) is 0 Å². The highest BCUT2D eigenvalue weighted by Gasteiger charge is 2.10. The molecule has 2 rings (SSSR count). The number of benzene rings is 1. The number of rotatable bonds is 5. The number of anilines is 2. The molecule has 0 aliphatic heterocycles. The summed E-state index contributed by atoms with van der Waals surface area (Å²) in [6, 6.07) is 9.32. The number of halogens is 1. The SMILES string of the molecule is CN(C)c1ccc(Br)cc1NCc1ccc([N+](=O)[O-])s1. The van der Waals surface area contributed by atoms with Crippen LogP contribution in [0.15, 0.2) is 34.8 Å². The van der Waals surface area contributed by atoms with Crippen LogP contribution >= 0.6 is 27.3 Å². The Hall–Kier alpha value is -1.60. The van der Waals surface area contributed by atoms with Gasteiger partial charge in [-0.05, 0) is 24.3 Å². The molecule has 0 aliphatic rings. The van der Waals surface area contributed by atoms with E-state index in [0.29, 0.717) is 6.54 Å². The van der Waals surface area contributed by atoms with E-state index in [9.17, 15) is 10.1 Å². The Balaban J connectivity index is 2.13. The average Bonchev–Trinajstić information content (AvgIpc) is 2.85. The topological polar surface area (TPSA) is 58.4 Å². The zero-order valence-corrected chi connectivity index (χ0v) is 13.5. The van der Waals surface area contributed by atoms with Crippen LogP contribution in [0, 0.1) is 10.1 Å². The molecule has 0 unspecified atom stereocenters. The number of nitro groups is 1. The Bertz CT molecular complexity index is 628. The highest BCUT2D eigenvalue weighted by Crippen LogP contribution is 2.30. The van der Waals surface area contributed by atoms with E-state index >= 15 is 0 Å². The molecule has 0 atom stereocenters. The van der Waals surface area contributed by atoms with Crippen LogP contribution in [-0.2, 0) is 6.54 Å². The molecule has 106 valence electrons. The first-order valence-electron chi connectivity index (χ1n) is 5.91. The van der Waals surface area contributed by atoms with Gasteiger partial charge in [0.2, 0.25) is 0 Å². The number of thiophene rings is 1. The smallest absolute Gasteiger partial charge is 0.324 e. The van der Waals surface area contributed by atoms with E-state index < -0.39 is 0 Å². The second-order valence-electron chi connectivity index (χ2n) is 4.41. The number of nitrogens with one attached hydrogen (secondary N) is 1. The summed E-state index contributed by atoms with van der Waals surface area (Å²) >= 11 is 4.64. The molecule has 1 N–H and O–H groups in total. The molecule has 0 saturated carbocycles. The van der Waals surface area contributed by atoms with Gasteiger partial charge in [-0.2, -0.15) is 0 Å². The van der Waals surface area contributed by atoms with Crippen molar-refractivity contribution in [2.75, 3.05) is 24.3 Å². The van der Waals surface area contributed by atoms with Gasteiger partial charge in [-0.1, -0.05) is 27.3 Å². The van der Waals surface area contributed by atoms with Gasteiger partial charge in [0.15, 0.2) is 0 Å². The molecule has 1 heterocycles. The maximum atomic E-state index is 10.7. The van der Waals surface area contributed by atoms with E-state index in [2.05, 4.69) is 21.2 Å². The van der Waals surface area contributed by atoms with Crippen LogP contribution in [-0.4, -0.2) is 19.0 Å². The molecule has 0 saturated heterocycles. The largest absolute Gasteiger partial charge is 0.378 e. The third-order valence-corrected chi connectivity index (χ3v) is 4.25. The van der Waals surface area contributed by atoms with Crippen LogP contribution in [0.25, 0.3) is 0 Å². The Morgan fingerprint density at radius 2 is 2.10 bits per heavy atom. The second kappa shape index (κ2) is 6.23. The highest BCUT2D eigenvalue weighted by atomic mass is 79.9. The fourth-order valence-corrected chi connectivity index (χ4v) is 2.90. The molecule has 5 nitrogen and oxygen atoms in total. The minimum atomic E-state index is -0.363. The normalized spacial score (nSPS) is 10.3. The van der Waals surface area contributed by atoms with Crippen molar-refractivity contribution in [1.82, 2.24) is 0 Å². The first-order chi connectivity index (χ1) is 9.47. The third kappa shape index (κ3) is 3.49. The summed E-state index contributed by atoms with van der Waals surface area (Å²) in [7, 11) is 3.95. The lowest BCUT2D eigenvalue weighted by Gasteiger charge is -2.18. The van der Waals surface area contributed by atoms with Gasteiger partial charge in [0, 0.05) is 36.1 Å². The average molecular weight is 356 g/mol. The van der Waals surface area contributed by atoms with E-state index in [-0.39, 0.29) is 9.92 Å². The van der Waals surface area contributed by atoms with Crippen molar-refractivity contribution in [3.63, 3.8) is 0 Å². The Kier molecular flexibility index (Phi) is 4.61. The first-order valence-corrected chi connectivity index (χ1v) is 7.52. The predicted octanol–water partition coefficient (Wildman–Crippen LogP) is 4.10. The quantitative estimate of drug-likeness (QED) is 0.647. The van der Waals surface area contributed by atoms with Gasteiger partial charge in [0.25, 0.3) is 0 Å². The van der Waals surface area contributed by atoms with Crippen molar-refractivity contribution in [1.29, 1.82) is 0 Å². The summed E-state index contributed by atoms with van der Waals surface area (Å²) < 4.78 is 0.989. The van der Waals surface area contributed by atoms with Gasteiger partial charge in [0.1, 0.15) is 0 Å². The molecular formula is C13H14BrN3O2S. The molecule has 20 heavy (non-hydrogen) atoms. The second-order valence-corrected chi connectivity index (χ2v) is 6.47. The van der Waals surface area contributed by atoms with E-state index in [1.165, 1.54) is 17.4 Å². The molecule has 7 heteroatoms. The van der Waals surface area contributed by atoms with Crippen molar-refractivity contribution >= 4 is 43.6 Å². The van der Waals surface area contributed by atoms with Crippen LogP contribution in [0.5, 0.6) is 0 Å². The van der Waals surface area contributed by atoms with Gasteiger partial charge < -0.3 is 10.2 Å². The van der Waals surface area contributed by atoms with Gasteiger partial charge in [-0.3, -0.25) is 10.1 Å². The summed E-state index contributed by atoms with van der Waals surface area (Å²) in [5.74, 6) is 0. The summed E-state index contributed by atoms with van der Waals surface area (Å²) in [6.07, 6.45) is 0. The lowest BCUT2D eigenvalue weighted by atomic mass is 10.2. The lowest BCUT2D eigenvalue weighted by Crippen LogP contribution is -2.12. The highest BCUT2D eigenvalue weighted by molar-refractivity contribution is 9.10. The standard InChI is InChI=1S/C13H14BrN3O2S/c1-16(2)12-5-3-9(14)7-11(12)15-8-10-4-6-13(20-10)17(18)19/h3-7,15H,8H2,1-2H3. The predicted molar refractivity (Wildman–Crippen MR) is 86.8 cm³/mol. The number of hydrogen-bond acceptors (Lipinski definition) is 5. The fourth-order valence-electron chi connectivity index (χ4n) is 1.78. The number of hydrogen-bond donors (Lipinski definition) is 1. The molecule has 0 radical (unpaired) electrons. The molecule has 1 aromatic heterocycles. The van der Waals surface area contributed by atoms with Crippen LogP contribution < -0.4 is 10.2 Å². The molecule has 2 aromatic rings. The molecule has 0 spiro atoms. The summed E-state index contributed by atoms with van der Waals surface area (Å²) in [5.41, 5.74) is 2.06. The zero-order chi connectivity index (χ0) is 14.7. The van der Waals surface area contributed by atoms with Crippen molar-refractivity contribution < 1.29 is 4.92 Å². The van der Waals surface area contributed by atoms with Crippen molar-refractivity contribution in [2.24, 2.45) is 0 Å². The molecular weight excluding hydrogens is 342 g/mol. The van der Waals surface area contributed by atoms with Crippen molar-refractivity contribution in [2.45, 2.75) is 6.54 Å². The molecule has 0 amide bonds. The minimum Gasteiger partial charge on any atom is -0.378 e. The minimum absolute atomic E-state index is 0.170. The Morgan fingerprint density at radius 1 is 1.35 bits per heavy atom. The fraction of sp³-hybridized carbons (Fsp3) is 0.231. The summed E-state index contributed by atoms with van der Waals surface area (Å²) in [6.45, 7) is 0.565. The zero-order valence-electron chi connectivity index (χ0n) is 11.1. The van der Waals surface area contributed by atoms with E-state index in [0.717, 1.165) is 20.7 Å². The van der Waals surface area contributed by atoms with E-state index in [1.54, 1.807) is 6.07 Å². The van der Waals surface area contributed by atoms with Crippen LogP contribution in [0.4, 0.5) is 16.4 Å². The van der Waals surface area contributed by atoms with Gasteiger partial charge in [-0.15, -0.1) is 0 Å². The van der Waals surface area contributed by atoms with Crippen LogP contribution in [0.2, 0.25) is 0 Å². The summed E-state index contributed by atoms with van der Waals surface area (Å²) in [5, 5.41) is 14.1. The number of nitrogens with zero attached hydrogens (tertiary/aromatic N) is 2.